The van der Waals surface area contributed by atoms with Gasteiger partial charge in [0.15, 0.2) is 0 Å². The molecule has 5 aliphatic rings. The molecular formula is C34H33BrN2O3. The predicted octanol–water partition coefficient (Wildman–Crippen LogP) is 4.03. The van der Waals surface area contributed by atoms with Gasteiger partial charge in [0.1, 0.15) is 24.6 Å². The number of hydrogen-bond acceptors (Lipinski definition) is 4. The van der Waals surface area contributed by atoms with Gasteiger partial charge in [-0.15, -0.1) is 0 Å². The molecule has 204 valence electrons. The van der Waals surface area contributed by atoms with Crippen LogP contribution in [0.3, 0.4) is 0 Å². The first-order chi connectivity index (χ1) is 19.6. The Bertz CT molecular complexity index is 1740. The molecule has 0 unspecified atom stereocenters. The molecule has 0 bridgehead atoms. The number of benzene rings is 3. The van der Waals surface area contributed by atoms with Crippen molar-refractivity contribution < 1.29 is 14.6 Å². The van der Waals surface area contributed by atoms with Gasteiger partial charge in [0.25, 0.3) is 0 Å². The lowest BCUT2D eigenvalue weighted by Crippen LogP contribution is -2.41. The highest BCUT2D eigenvalue weighted by atomic mass is 79.9. The summed E-state index contributed by atoms with van der Waals surface area (Å²) in [5, 5.41) is 14.9. The molecule has 3 aromatic rings. The number of aromatic carboxylic acids is 1. The molecule has 0 aromatic heterocycles. The lowest BCUT2D eigenvalue weighted by Gasteiger charge is -2.35. The molecule has 5 heterocycles. The standard InChI is InChI=1S/C34H33BrN2O3/c35-22-11-12-23(34(38)39)26(19-22)29-27-17-20-7-1-3-13-36-15-5-9-24(30(20)36)32(27)40-33-25-10-6-16-37-14-4-2-8-21(31(25)37)18-28(29)33/h11-12,17-19H,1-10,13-16H2. The van der Waals surface area contributed by atoms with Gasteiger partial charge < -0.3 is 19.5 Å². The molecule has 5 aliphatic heterocycles. The van der Waals surface area contributed by atoms with Gasteiger partial charge in [-0.3, -0.25) is 0 Å². The maximum absolute atomic E-state index is 12.5. The number of ether oxygens (including phenoxy) is 1. The number of hydrogen-bond donors (Lipinski definition) is 0. The summed E-state index contributed by atoms with van der Waals surface area (Å²) in [7, 11) is 0. The van der Waals surface area contributed by atoms with Crippen LogP contribution in [0.1, 0.15) is 82.3 Å². The number of aryl methyl sites for hydroxylation is 2. The third-order valence-corrected chi connectivity index (χ3v) is 10.2. The molecule has 0 fully saturated rings. The minimum atomic E-state index is -1.14. The van der Waals surface area contributed by atoms with E-state index in [1.807, 2.05) is 6.07 Å². The summed E-state index contributed by atoms with van der Waals surface area (Å²) in [6, 6.07) is 10.1. The van der Waals surface area contributed by atoms with Crippen molar-refractivity contribution in [2.24, 2.45) is 0 Å². The van der Waals surface area contributed by atoms with Crippen molar-refractivity contribution in [2.45, 2.75) is 64.2 Å². The smallest absolute Gasteiger partial charge is 0.210 e. The Hall–Kier alpha value is -3.12. The van der Waals surface area contributed by atoms with E-state index in [-0.39, 0.29) is 5.56 Å². The van der Waals surface area contributed by atoms with E-state index in [0.29, 0.717) is 5.56 Å². The molecule has 8 rings (SSSR count). The molecule has 0 atom stereocenters. The molecule has 0 N–H and O–H groups in total. The Morgan fingerprint density at radius 3 is 2.52 bits per heavy atom. The summed E-state index contributed by atoms with van der Waals surface area (Å²) < 4.78 is 10.6. The number of carbonyl (C=O) groups is 1. The fraction of sp³-hybridized carbons (Fsp3) is 0.412. The molecular weight excluding hydrogens is 564 g/mol. The first kappa shape index (κ1) is 24.7. The van der Waals surface area contributed by atoms with E-state index in [0.717, 1.165) is 97.0 Å². The van der Waals surface area contributed by atoms with Crippen LogP contribution in [0, 0.1) is 0 Å². The van der Waals surface area contributed by atoms with Gasteiger partial charge in [-0.05, 0) is 86.8 Å². The van der Waals surface area contributed by atoms with Crippen LogP contribution in [0.25, 0.3) is 5.57 Å². The van der Waals surface area contributed by atoms with Crippen molar-refractivity contribution in [1.82, 2.24) is 4.58 Å². The Kier molecular flexibility index (Phi) is 5.84. The van der Waals surface area contributed by atoms with E-state index in [1.54, 1.807) is 12.1 Å². The van der Waals surface area contributed by atoms with E-state index < -0.39 is 5.97 Å². The lowest BCUT2D eigenvalue weighted by molar-refractivity contribution is -0.255. The molecule has 40 heavy (non-hydrogen) atoms. The molecule has 5 nitrogen and oxygen atoms in total. The lowest BCUT2D eigenvalue weighted by atomic mass is 9.83. The highest BCUT2D eigenvalue weighted by Crippen LogP contribution is 2.48. The predicted molar refractivity (Wildman–Crippen MR) is 158 cm³/mol. The number of halogens is 1. The Balaban J connectivity index is 1.54. The third-order valence-electron chi connectivity index (χ3n) is 9.66. The van der Waals surface area contributed by atoms with Gasteiger partial charge in [0.05, 0.1) is 11.5 Å². The second kappa shape index (κ2) is 9.47. The highest BCUT2D eigenvalue weighted by Gasteiger charge is 2.35. The van der Waals surface area contributed by atoms with Gasteiger partial charge >= 0.3 is 0 Å². The van der Waals surface area contributed by atoms with Crippen LogP contribution in [0.2, 0.25) is 0 Å². The number of rotatable bonds is 2. The zero-order valence-corrected chi connectivity index (χ0v) is 24.4. The zero-order valence-electron chi connectivity index (χ0n) is 22.8. The summed E-state index contributed by atoms with van der Waals surface area (Å²) in [5.41, 5.74) is 9.72. The van der Waals surface area contributed by atoms with Crippen molar-refractivity contribution in [3.63, 3.8) is 0 Å². The largest absolute Gasteiger partial charge is 0.545 e. The summed E-state index contributed by atoms with van der Waals surface area (Å²) >= 11 is 3.65. The van der Waals surface area contributed by atoms with Crippen LogP contribution in [-0.4, -0.2) is 32.1 Å². The fourth-order valence-corrected chi connectivity index (χ4v) is 8.38. The zero-order chi connectivity index (χ0) is 27.0. The number of anilines is 1. The van der Waals surface area contributed by atoms with E-state index in [9.17, 15) is 9.90 Å². The average Bonchev–Trinajstić information content (AvgIpc) is 3.30. The van der Waals surface area contributed by atoms with E-state index in [4.69, 9.17) is 4.74 Å². The van der Waals surface area contributed by atoms with E-state index in [1.165, 1.54) is 59.0 Å². The minimum Gasteiger partial charge on any atom is -0.545 e. The average molecular weight is 598 g/mol. The number of fused-ring (bicyclic) bond motifs is 4. The first-order valence-corrected chi connectivity index (χ1v) is 15.8. The van der Waals surface area contributed by atoms with Gasteiger partial charge in [-0.25, -0.2) is 4.58 Å². The van der Waals surface area contributed by atoms with Crippen LogP contribution >= 0.6 is 15.9 Å². The SMILES string of the molecule is O=C([O-])c1ccc(Br)cc1C1=c2cc3c4c(c2Oc2c1cc1c5c2CCCN5CCCC1)CCC[N+]=4CCCC3. The van der Waals surface area contributed by atoms with Crippen LogP contribution < -0.4 is 29.9 Å². The summed E-state index contributed by atoms with van der Waals surface area (Å²) in [5.74, 6) is 0.743. The van der Waals surface area contributed by atoms with Gasteiger partial charge in [0, 0.05) is 69.1 Å². The quantitative estimate of drug-likeness (QED) is 0.328. The third kappa shape index (κ3) is 3.71. The molecule has 3 aromatic carbocycles. The minimum absolute atomic E-state index is 0.229. The van der Waals surface area contributed by atoms with Crippen LogP contribution in [0.4, 0.5) is 5.69 Å². The molecule has 0 saturated carbocycles. The fourth-order valence-electron chi connectivity index (χ4n) is 8.02. The Labute approximate surface area is 242 Å². The Morgan fingerprint density at radius 1 is 0.825 bits per heavy atom. The second-order valence-electron chi connectivity index (χ2n) is 12.0. The van der Waals surface area contributed by atoms with Crippen molar-refractivity contribution >= 4 is 33.2 Å². The molecule has 0 saturated heterocycles. The molecule has 0 spiro atoms. The van der Waals surface area contributed by atoms with Gasteiger partial charge in [-0.1, -0.05) is 22.0 Å². The van der Waals surface area contributed by atoms with Crippen molar-refractivity contribution in [2.75, 3.05) is 31.1 Å². The second-order valence-corrected chi connectivity index (χ2v) is 12.9. The summed E-state index contributed by atoms with van der Waals surface area (Å²) in [6.45, 7) is 4.39. The summed E-state index contributed by atoms with van der Waals surface area (Å²) in [6.07, 6.45) is 11.0. The normalized spacial score (nSPS) is 19.0. The maximum Gasteiger partial charge on any atom is 0.210 e. The summed E-state index contributed by atoms with van der Waals surface area (Å²) in [4.78, 5) is 15.1. The van der Waals surface area contributed by atoms with Crippen molar-refractivity contribution in [1.29, 1.82) is 0 Å². The van der Waals surface area contributed by atoms with Crippen LogP contribution in [0.15, 0.2) is 34.8 Å². The van der Waals surface area contributed by atoms with E-state index >= 15 is 0 Å². The number of nitrogens with zero attached hydrogens (tertiary/aromatic N) is 2. The topological polar surface area (TPSA) is 55.6 Å². The Morgan fingerprint density at radius 2 is 1.62 bits per heavy atom. The van der Waals surface area contributed by atoms with Gasteiger partial charge in [0.2, 0.25) is 5.36 Å². The van der Waals surface area contributed by atoms with Crippen molar-refractivity contribution in [3.05, 3.63) is 84.3 Å². The van der Waals surface area contributed by atoms with Crippen LogP contribution in [-0.2, 0) is 25.7 Å². The number of carboxylic acid groups (broad SMARTS) is 1. The molecule has 6 heteroatoms. The first-order valence-electron chi connectivity index (χ1n) is 15.0. The number of carbonyl (C=O) groups excluding carboxylic acids is 1. The number of carboxylic acids is 1. The molecule has 0 aliphatic carbocycles. The molecule has 0 amide bonds. The van der Waals surface area contributed by atoms with Crippen LogP contribution in [0.5, 0.6) is 11.5 Å². The van der Waals surface area contributed by atoms with E-state index in [2.05, 4.69) is 37.5 Å². The maximum atomic E-state index is 12.5. The molecule has 0 radical (unpaired) electrons. The van der Waals surface area contributed by atoms with Gasteiger partial charge in [-0.2, -0.15) is 0 Å². The van der Waals surface area contributed by atoms with Crippen molar-refractivity contribution in [3.8, 4) is 11.5 Å². The highest BCUT2D eigenvalue weighted by molar-refractivity contribution is 9.10. The monoisotopic (exact) mass is 596 g/mol.